The third-order valence-electron chi connectivity index (χ3n) is 3.94. The normalized spacial score (nSPS) is 16.9. The fourth-order valence-corrected chi connectivity index (χ4v) is 2.95. The highest BCUT2D eigenvalue weighted by Gasteiger charge is 2.16. The van der Waals surface area contributed by atoms with E-state index in [2.05, 4.69) is 22.8 Å². The summed E-state index contributed by atoms with van der Waals surface area (Å²) in [6, 6.07) is 6.10. The predicted octanol–water partition coefficient (Wildman–Crippen LogP) is 1.86. The molecule has 116 valence electrons. The first-order valence-electron chi connectivity index (χ1n) is 7.55. The molecule has 2 N–H and O–H groups in total. The number of nitrogens with two attached hydrogens (primary N) is 1. The predicted molar refractivity (Wildman–Crippen MR) is 90.9 cm³/mol. The Bertz CT molecular complexity index is 484. The van der Waals surface area contributed by atoms with Gasteiger partial charge < -0.3 is 15.4 Å². The van der Waals surface area contributed by atoms with Gasteiger partial charge in [-0.1, -0.05) is 25.2 Å². The number of nitrogens with zero attached hydrogens (tertiary/aromatic N) is 2. The van der Waals surface area contributed by atoms with Gasteiger partial charge in [0.2, 0.25) is 0 Å². The van der Waals surface area contributed by atoms with Crippen LogP contribution in [0.5, 0.6) is 5.75 Å². The molecule has 0 radical (unpaired) electrons. The van der Waals surface area contributed by atoms with Crippen LogP contribution in [0.15, 0.2) is 18.2 Å². The van der Waals surface area contributed by atoms with Crippen LogP contribution >= 0.6 is 12.2 Å². The fraction of sp³-hybridized carbons (Fsp3) is 0.562. The van der Waals surface area contributed by atoms with Crippen LogP contribution in [-0.2, 0) is 6.54 Å². The molecule has 0 bridgehead atoms. The van der Waals surface area contributed by atoms with Crippen LogP contribution in [0.4, 0.5) is 0 Å². The molecule has 0 atom stereocenters. The molecule has 5 heteroatoms. The van der Waals surface area contributed by atoms with Gasteiger partial charge >= 0.3 is 0 Å². The molecule has 1 aromatic carbocycles. The molecule has 21 heavy (non-hydrogen) atoms. The molecule has 0 aromatic heterocycles. The maximum atomic E-state index is 5.70. The van der Waals surface area contributed by atoms with Crippen molar-refractivity contribution in [1.82, 2.24) is 9.80 Å². The second-order valence-corrected chi connectivity index (χ2v) is 5.96. The van der Waals surface area contributed by atoms with Gasteiger partial charge in [-0.05, 0) is 30.7 Å². The molecule has 1 fully saturated rings. The Kier molecular flexibility index (Phi) is 5.96. The van der Waals surface area contributed by atoms with E-state index in [9.17, 15) is 0 Å². The Morgan fingerprint density at radius 3 is 2.48 bits per heavy atom. The Morgan fingerprint density at radius 1 is 1.24 bits per heavy atom. The fourth-order valence-electron chi connectivity index (χ4n) is 2.78. The summed E-state index contributed by atoms with van der Waals surface area (Å²) in [5.41, 5.74) is 7.76. The smallest absolute Gasteiger partial charge is 0.129 e. The quantitative estimate of drug-likeness (QED) is 0.813. The highest BCUT2D eigenvalue weighted by molar-refractivity contribution is 7.80. The summed E-state index contributed by atoms with van der Waals surface area (Å²) < 4.78 is 5.39. The zero-order valence-corrected chi connectivity index (χ0v) is 13.8. The summed E-state index contributed by atoms with van der Waals surface area (Å²) in [7, 11) is 1.66. The van der Waals surface area contributed by atoms with Crippen LogP contribution in [0.3, 0.4) is 0 Å². The lowest BCUT2D eigenvalue weighted by atomic mass is 10.1. The van der Waals surface area contributed by atoms with Gasteiger partial charge in [0.1, 0.15) is 10.7 Å². The first kappa shape index (κ1) is 16.2. The van der Waals surface area contributed by atoms with Crippen molar-refractivity contribution in [3.05, 3.63) is 29.3 Å². The third-order valence-corrected chi connectivity index (χ3v) is 4.16. The van der Waals surface area contributed by atoms with Crippen molar-refractivity contribution in [1.29, 1.82) is 0 Å². The van der Waals surface area contributed by atoms with Crippen LogP contribution in [-0.4, -0.2) is 54.6 Å². The van der Waals surface area contributed by atoms with Gasteiger partial charge in [-0.15, -0.1) is 0 Å². The molecular formula is C16H25N3OS. The minimum atomic E-state index is 0.381. The van der Waals surface area contributed by atoms with Crippen molar-refractivity contribution in [2.45, 2.75) is 19.9 Å². The summed E-state index contributed by atoms with van der Waals surface area (Å²) in [6.45, 7) is 8.98. The Labute approximate surface area is 132 Å². The Balaban J connectivity index is 1.96. The Hall–Kier alpha value is -1.17. The highest BCUT2D eigenvalue weighted by atomic mass is 32.1. The average Bonchev–Trinajstić information content (AvgIpc) is 2.49. The monoisotopic (exact) mass is 307 g/mol. The largest absolute Gasteiger partial charge is 0.496 e. The number of ether oxygens (including phenoxy) is 1. The van der Waals surface area contributed by atoms with E-state index in [0.29, 0.717) is 4.99 Å². The van der Waals surface area contributed by atoms with E-state index in [1.165, 1.54) is 18.5 Å². The van der Waals surface area contributed by atoms with Gasteiger partial charge in [0.25, 0.3) is 0 Å². The first-order chi connectivity index (χ1) is 10.1. The summed E-state index contributed by atoms with van der Waals surface area (Å²) in [5.74, 6) is 0.768. The lowest BCUT2D eigenvalue weighted by molar-refractivity contribution is 0.127. The van der Waals surface area contributed by atoms with Crippen LogP contribution in [0.25, 0.3) is 0 Å². The van der Waals surface area contributed by atoms with Crippen molar-refractivity contribution in [3.8, 4) is 5.75 Å². The molecule has 0 saturated carbocycles. The van der Waals surface area contributed by atoms with Crippen molar-refractivity contribution in [3.63, 3.8) is 0 Å². The molecular weight excluding hydrogens is 282 g/mol. The zero-order valence-electron chi connectivity index (χ0n) is 13.0. The van der Waals surface area contributed by atoms with E-state index in [-0.39, 0.29) is 0 Å². The van der Waals surface area contributed by atoms with E-state index >= 15 is 0 Å². The van der Waals surface area contributed by atoms with Gasteiger partial charge in [0.15, 0.2) is 0 Å². The average molecular weight is 307 g/mol. The topological polar surface area (TPSA) is 41.7 Å². The number of rotatable bonds is 6. The van der Waals surface area contributed by atoms with E-state index in [0.717, 1.165) is 44.0 Å². The van der Waals surface area contributed by atoms with Crippen LogP contribution in [0.2, 0.25) is 0 Å². The van der Waals surface area contributed by atoms with Gasteiger partial charge in [-0.2, -0.15) is 0 Å². The maximum Gasteiger partial charge on any atom is 0.129 e. The molecule has 0 aliphatic carbocycles. The molecule has 1 aromatic rings. The van der Waals surface area contributed by atoms with E-state index < -0.39 is 0 Å². The minimum absolute atomic E-state index is 0.381. The molecule has 1 aliphatic heterocycles. The van der Waals surface area contributed by atoms with Crippen LogP contribution < -0.4 is 10.5 Å². The number of hydrogen-bond acceptors (Lipinski definition) is 4. The lowest BCUT2D eigenvalue weighted by Gasteiger charge is -2.34. The SMILES string of the molecule is CCCN1CCN(Cc2ccc(C(N)=S)c(OC)c2)CC1. The molecule has 4 nitrogen and oxygen atoms in total. The third kappa shape index (κ3) is 4.40. The van der Waals surface area contributed by atoms with Crippen LogP contribution in [0, 0.1) is 0 Å². The molecule has 1 heterocycles. The van der Waals surface area contributed by atoms with Gasteiger partial charge in [-0.25, -0.2) is 0 Å². The van der Waals surface area contributed by atoms with Gasteiger partial charge in [-0.3, -0.25) is 4.90 Å². The van der Waals surface area contributed by atoms with Crippen molar-refractivity contribution < 1.29 is 4.74 Å². The Morgan fingerprint density at radius 2 is 1.90 bits per heavy atom. The first-order valence-corrected chi connectivity index (χ1v) is 7.96. The summed E-state index contributed by atoms with van der Waals surface area (Å²) in [4.78, 5) is 5.40. The minimum Gasteiger partial charge on any atom is -0.496 e. The van der Waals surface area contributed by atoms with E-state index in [4.69, 9.17) is 22.7 Å². The zero-order chi connectivity index (χ0) is 15.2. The number of thiocarbonyl (C=S) groups is 1. The van der Waals surface area contributed by atoms with E-state index in [1.54, 1.807) is 7.11 Å². The number of methoxy groups -OCH3 is 1. The second kappa shape index (κ2) is 7.73. The molecule has 2 rings (SSSR count). The summed E-state index contributed by atoms with van der Waals surface area (Å²) in [6.07, 6.45) is 1.23. The molecule has 0 amide bonds. The van der Waals surface area contributed by atoms with Gasteiger partial charge in [0.05, 0.1) is 12.7 Å². The van der Waals surface area contributed by atoms with Crippen molar-refractivity contribution in [2.24, 2.45) is 5.73 Å². The molecule has 0 spiro atoms. The highest BCUT2D eigenvalue weighted by Crippen LogP contribution is 2.21. The van der Waals surface area contributed by atoms with E-state index in [1.807, 2.05) is 12.1 Å². The summed E-state index contributed by atoms with van der Waals surface area (Å²) in [5, 5.41) is 0. The summed E-state index contributed by atoms with van der Waals surface area (Å²) >= 11 is 5.04. The van der Waals surface area contributed by atoms with Crippen molar-refractivity contribution in [2.75, 3.05) is 39.8 Å². The van der Waals surface area contributed by atoms with Gasteiger partial charge in [0, 0.05) is 32.7 Å². The number of piperazine rings is 1. The number of benzene rings is 1. The second-order valence-electron chi connectivity index (χ2n) is 5.52. The molecule has 0 unspecified atom stereocenters. The van der Waals surface area contributed by atoms with Crippen LogP contribution in [0.1, 0.15) is 24.5 Å². The number of hydrogen-bond donors (Lipinski definition) is 1. The maximum absolute atomic E-state index is 5.70. The molecule has 1 aliphatic rings. The van der Waals surface area contributed by atoms with Crippen molar-refractivity contribution >= 4 is 17.2 Å². The lowest BCUT2D eigenvalue weighted by Crippen LogP contribution is -2.45. The standard InChI is InChI=1S/C16H25N3OS/c1-3-6-18-7-9-19(10-8-18)12-13-4-5-14(16(17)21)15(11-13)20-2/h4-5,11H,3,6-10,12H2,1-2H3,(H2,17,21). The molecule has 1 saturated heterocycles.